The van der Waals surface area contributed by atoms with Crippen LogP contribution in [-0.2, 0) is 0 Å². The van der Waals surface area contributed by atoms with Gasteiger partial charge in [-0.3, -0.25) is 4.90 Å². The fourth-order valence-corrected chi connectivity index (χ4v) is 3.46. The lowest BCUT2D eigenvalue weighted by atomic mass is 10.0. The lowest BCUT2D eigenvalue weighted by Gasteiger charge is -2.16. The summed E-state index contributed by atoms with van der Waals surface area (Å²) < 4.78 is 0. The van der Waals surface area contributed by atoms with Crippen molar-refractivity contribution < 1.29 is 0 Å². The summed E-state index contributed by atoms with van der Waals surface area (Å²) in [7, 11) is 6.05. The van der Waals surface area contributed by atoms with Crippen LogP contribution in [0.3, 0.4) is 0 Å². The Morgan fingerprint density at radius 1 is 0.710 bits per heavy atom. The van der Waals surface area contributed by atoms with Crippen molar-refractivity contribution >= 4 is 0 Å². The van der Waals surface area contributed by atoms with Gasteiger partial charge in [-0.05, 0) is 57.2 Å². The predicted molar refractivity (Wildman–Crippen MR) is 127 cm³/mol. The van der Waals surface area contributed by atoms with Crippen molar-refractivity contribution in [1.82, 2.24) is 30.2 Å². The number of rotatable bonds is 7. The van der Waals surface area contributed by atoms with Gasteiger partial charge in [0.2, 0.25) is 0 Å². The van der Waals surface area contributed by atoms with Gasteiger partial charge < -0.3 is 15.3 Å². The highest BCUT2D eigenvalue weighted by atomic mass is 15.1. The first-order valence-corrected chi connectivity index (χ1v) is 10.6. The fraction of sp³-hybridized carbons (Fsp3) is 0.280. The minimum atomic E-state index is 0.198. The molecule has 0 unspecified atom stereocenters. The van der Waals surface area contributed by atoms with E-state index in [1.54, 1.807) is 0 Å². The normalized spacial score (nSPS) is 13.5. The number of H-pyrrole nitrogens is 2. The van der Waals surface area contributed by atoms with E-state index in [0.717, 1.165) is 34.2 Å². The lowest BCUT2D eigenvalue weighted by molar-refractivity contribution is 0.310. The van der Waals surface area contributed by atoms with Crippen molar-refractivity contribution in [3.8, 4) is 33.6 Å². The van der Waals surface area contributed by atoms with Gasteiger partial charge in [0.1, 0.15) is 11.6 Å². The Hall–Kier alpha value is -3.22. The first kappa shape index (κ1) is 21.0. The smallest absolute Gasteiger partial charge is 0.123 e. The topological polar surface area (TPSA) is 72.6 Å². The van der Waals surface area contributed by atoms with Crippen LogP contribution in [0.2, 0.25) is 0 Å². The molecular formula is C25H30N6. The molecule has 2 aromatic carbocycles. The minimum absolute atomic E-state index is 0.198. The summed E-state index contributed by atoms with van der Waals surface area (Å²) in [6.45, 7) is 4.23. The molecule has 2 atom stereocenters. The van der Waals surface area contributed by atoms with E-state index in [1.807, 2.05) is 19.4 Å². The molecule has 6 heteroatoms. The summed E-state index contributed by atoms with van der Waals surface area (Å²) >= 11 is 0. The third-order valence-corrected chi connectivity index (χ3v) is 5.93. The van der Waals surface area contributed by atoms with Crippen LogP contribution in [0.1, 0.15) is 37.6 Å². The maximum absolute atomic E-state index is 4.54. The quantitative estimate of drug-likeness (QED) is 0.396. The van der Waals surface area contributed by atoms with E-state index < -0.39 is 0 Å². The van der Waals surface area contributed by atoms with Gasteiger partial charge in [-0.1, -0.05) is 48.5 Å². The molecule has 0 saturated carbocycles. The fourth-order valence-electron chi connectivity index (χ4n) is 3.46. The maximum atomic E-state index is 4.54. The van der Waals surface area contributed by atoms with E-state index in [9.17, 15) is 0 Å². The predicted octanol–water partition coefficient (Wildman–Crippen LogP) is 5.04. The molecule has 31 heavy (non-hydrogen) atoms. The second-order valence-corrected chi connectivity index (χ2v) is 8.17. The third kappa shape index (κ3) is 4.45. The molecule has 0 aliphatic rings. The van der Waals surface area contributed by atoms with Crippen molar-refractivity contribution in [2.75, 3.05) is 21.1 Å². The van der Waals surface area contributed by atoms with E-state index in [-0.39, 0.29) is 12.1 Å². The Labute approximate surface area is 183 Å². The first-order valence-electron chi connectivity index (χ1n) is 10.6. The van der Waals surface area contributed by atoms with Crippen LogP contribution in [0.15, 0.2) is 60.9 Å². The highest BCUT2D eigenvalue weighted by Gasteiger charge is 2.13. The highest BCUT2D eigenvalue weighted by Crippen LogP contribution is 2.27. The van der Waals surface area contributed by atoms with Gasteiger partial charge in [0, 0.05) is 0 Å². The van der Waals surface area contributed by atoms with Crippen LogP contribution in [0.25, 0.3) is 33.6 Å². The molecule has 0 aliphatic heterocycles. The van der Waals surface area contributed by atoms with Gasteiger partial charge in [0.25, 0.3) is 0 Å². The average molecular weight is 415 g/mol. The zero-order valence-corrected chi connectivity index (χ0v) is 18.8. The molecule has 6 nitrogen and oxygen atoms in total. The van der Waals surface area contributed by atoms with Crippen molar-refractivity contribution in [2.24, 2.45) is 0 Å². The Morgan fingerprint density at radius 3 is 1.58 bits per heavy atom. The number of hydrogen-bond acceptors (Lipinski definition) is 4. The molecule has 0 fully saturated rings. The molecule has 2 heterocycles. The van der Waals surface area contributed by atoms with E-state index in [0.29, 0.717) is 0 Å². The Kier molecular flexibility index (Phi) is 6.02. The molecule has 4 rings (SSSR count). The SMILES string of the molecule is CN[C@@H](C)c1ncc(-c2ccc(-c3ccc(-c4cnc([C@H](C)N(C)C)[nH]4)cc3)cc2)[nH]1. The monoisotopic (exact) mass is 414 g/mol. The van der Waals surface area contributed by atoms with Gasteiger partial charge >= 0.3 is 0 Å². The number of benzene rings is 2. The zero-order chi connectivity index (χ0) is 22.0. The number of aromatic nitrogens is 4. The van der Waals surface area contributed by atoms with Crippen molar-refractivity contribution in [2.45, 2.75) is 25.9 Å². The van der Waals surface area contributed by atoms with Gasteiger partial charge in [0.05, 0.1) is 35.9 Å². The van der Waals surface area contributed by atoms with Gasteiger partial charge in [-0.2, -0.15) is 0 Å². The maximum Gasteiger partial charge on any atom is 0.123 e. The highest BCUT2D eigenvalue weighted by molar-refractivity contribution is 5.71. The molecule has 0 amide bonds. The van der Waals surface area contributed by atoms with Crippen LogP contribution < -0.4 is 5.32 Å². The van der Waals surface area contributed by atoms with E-state index in [4.69, 9.17) is 0 Å². The molecule has 3 N–H and O–H groups in total. The zero-order valence-electron chi connectivity index (χ0n) is 18.8. The first-order chi connectivity index (χ1) is 15.0. The average Bonchev–Trinajstić information content (AvgIpc) is 3.49. The standard InChI is InChI=1S/C25H30N6/c1-16(26-3)24-27-14-22(29-24)20-10-6-18(7-11-20)19-8-12-21(13-9-19)23-15-28-25(30-23)17(2)31(4)5/h6-17,26H,1-5H3,(H,27,29)(H,28,30)/t16-,17-/m0/s1. The molecular weight excluding hydrogens is 384 g/mol. The van der Waals surface area contributed by atoms with Crippen LogP contribution >= 0.6 is 0 Å². The molecule has 2 aromatic heterocycles. The molecule has 0 bridgehead atoms. The molecule has 160 valence electrons. The second-order valence-electron chi connectivity index (χ2n) is 8.17. The van der Waals surface area contributed by atoms with Gasteiger partial charge in [-0.25, -0.2) is 9.97 Å². The Morgan fingerprint density at radius 2 is 1.13 bits per heavy atom. The molecule has 0 spiro atoms. The van der Waals surface area contributed by atoms with Crippen molar-refractivity contribution in [3.05, 3.63) is 72.6 Å². The third-order valence-electron chi connectivity index (χ3n) is 5.93. The summed E-state index contributed by atoms with van der Waals surface area (Å²) in [6, 6.07) is 17.6. The van der Waals surface area contributed by atoms with E-state index in [1.165, 1.54) is 11.1 Å². The Balaban J connectivity index is 1.50. The number of nitrogens with one attached hydrogen (secondary N) is 3. The lowest BCUT2D eigenvalue weighted by Crippen LogP contribution is -2.17. The van der Waals surface area contributed by atoms with E-state index in [2.05, 4.69) is 107 Å². The summed E-state index contributed by atoms with van der Waals surface area (Å²) in [5.74, 6) is 1.92. The van der Waals surface area contributed by atoms with Gasteiger partial charge in [0.15, 0.2) is 0 Å². The second kappa shape index (κ2) is 8.88. The van der Waals surface area contributed by atoms with Gasteiger partial charge in [-0.15, -0.1) is 0 Å². The summed E-state index contributed by atoms with van der Waals surface area (Å²) in [6.07, 6.45) is 3.80. The molecule has 0 radical (unpaired) electrons. The molecule has 0 aliphatic carbocycles. The van der Waals surface area contributed by atoms with E-state index >= 15 is 0 Å². The van der Waals surface area contributed by atoms with Crippen molar-refractivity contribution in [3.63, 3.8) is 0 Å². The molecule has 0 saturated heterocycles. The summed E-state index contributed by atoms with van der Waals surface area (Å²) in [5, 5.41) is 3.20. The minimum Gasteiger partial charge on any atom is -0.341 e. The molecule has 4 aromatic rings. The number of aromatic amines is 2. The summed E-state index contributed by atoms with van der Waals surface area (Å²) in [4.78, 5) is 18.0. The van der Waals surface area contributed by atoms with Crippen LogP contribution in [0.5, 0.6) is 0 Å². The number of hydrogen-bond donors (Lipinski definition) is 3. The number of nitrogens with zero attached hydrogens (tertiary/aromatic N) is 3. The van der Waals surface area contributed by atoms with Crippen LogP contribution in [0, 0.1) is 0 Å². The van der Waals surface area contributed by atoms with Crippen molar-refractivity contribution in [1.29, 1.82) is 0 Å². The van der Waals surface area contributed by atoms with Crippen LogP contribution in [0.4, 0.5) is 0 Å². The largest absolute Gasteiger partial charge is 0.341 e. The van der Waals surface area contributed by atoms with Crippen LogP contribution in [-0.4, -0.2) is 46.0 Å². The number of imidazole rings is 2. The summed E-state index contributed by atoms with van der Waals surface area (Å²) in [5.41, 5.74) is 6.70. The Bertz CT molecular complexity index is 1120.